The SMILES string of the molecule is CC(C)C1=C2[C@H]3CC[C@@H]4[C@@]5(C)CC[C@H](OC(=O)CC(C)(C)C(=O)OC(C)(C)C)C(C)(C)[C@@H]5CC[C@@]4(C)[C@]3(C)CC[C@@]2(C(CN(Cc2ccc(Cl)cc2)C(=O)OC(C)(C)C)OC(=O)CC(C)(C)C(=O)OC(C)(C)C)CC1=O. The van der Waals surface area contributed by atoms with E-state index in [0.717, 1.165) is 55.2 Å². The molecule has 1 aromatic carbocycles. The minimum Gasteiger partial charge on any atom is -0.462 e. The molecule has 1 amide bonds. The van der Waals surface area contributed by atoms with Crippen LogP contribution in [0.25, 0.3) is 0 Å². The van der Waals surface area contributed by atoms with Crippen LogP contribution in [-0.4, -0.2) is 76.2 Å². The lowest BCUT2D eigenvalue weighted by molar-refractivity contribution is -0.236. The van der Waals surface area contributed by atoms with Gasteiger partial charge in [0.2, 0.25) is 0 Å². The largest absolute Gasteiger partial charge is 0.462 e. The number of esters is 4. The summed E-state index contributed by atoms with van der Waals surface area (Å²) in [6.45, 7) is 39.4. The van der Waals surface area contributed by atoms with Crippen molar-refractivity contribution in [2.45, 2.75) is 245 Å². The van der Waals surface area contributed by atoms with Crippen LogP contribution in [0.15, 0.2) is 35.4 Å². The van der Waals surface area contributed by atoms with Crippen LogP contribution in [0.4, 0.5) is 4.79 Å². The van der Waals surface area contributed by atoms with Crippen LogP contribution in [0.5, 0.6) is 0 Å². The Hall–Kier alpha value is -3.93. The predicted octanol–water partition coefficient (Wildman–Crippen LogP) is 14.4. The molecule has 1 unspecified atom stereocenters. The zero-order valence-corrected chi connectivity index (χ0v) is 51.0. The Balaban J connectivity index is 1.38. The van der Waals surface area contributed by atoms with Crippen molar-refractivity contribution in [3.05, 3.63) is 46.0 Å². The number of fused-ring (bicyclic) bond motifs is 7. The van der Waals surface area contributed by atoms with Crippen molar-refractivity contribution in [3.63, 3.8) is 0 Å². The van der Waals surface area contributed by atoms with Gasteiger partial charge in [-0.3, -0.25) is 24.0 Å². The average Bonchev–Trinajstić information content (AvgIpc) is 3.56. The van der Waals surface area contributed by atoms with E-state index in [-0.39, 0.29) is 89.6 Å². The number of carbonyl (C=O) groups is 6. The first-order chi connectivity index (χ1) is 34.5. The Labute approximate surface area is 461 Å². The molecule has 0 saturated heterocycles. The van der Waals surface area contributed by atoms with E-state index >= 15 is 4.79 Å². The van der Waals surface area contributed by atoms with Gasteiger partial charge in [0.25, 0.3) is 0 Å². The molecular formula is C63H96ClNO11. The molecule has 0 aliphatic heterocycles. The lowest BCUT2D eigenvalue weighted by Gasteiger charge is -2.72. The maximum absolute atomic E-state index is 15.0. The highest BCUT2D eigenvalue weighted by molar-refractivity contribution is 6.30. The molecule has 0 N–H and O–H groups in total. The van der Waals surface area contributed by atoms with Crippen molar-refractivity contribution < 1.29 is 52.5 Å². The van der Waals surface area contributed by atoms with E-state index < -0.39 is 63.2 Å². The molecule has 6 rings (SSSR count). The van der Waals surface area contributed by atoms with Crippen molar-refractivity contribution in [2.24, 2.45) is 61.6 Å². The van der Waals surface area contributed by atoms with Crippen molar-refractivity contribution in [3.8, 4) is 0 Å². The number of amides is 1. The normalized spacial score (nSPS) is 30.0. The maximum atomic E-state index is 15.0. The first-order valence-electron chi connectivity index (χ1n) is 28.4. The molecule has 5 aliphatic carbocycles. The molecule has 0 bridgehead atoms. The van der Waals surface area contributed by atoms with Gasteiger partial charge in [0, 0.05) is 28.8 Å². The number of allylic oxidation sites excluding steroid dienone is 1. The highest BCUT2D eigenvalue weighted by atomic mass is 35.5. The van der Waals surface area contributed by atoms with E-state index in [0.29, 0.717) is 23.8 Å². The minimum atomic E-state index is -1.24. The monoisotopic (exact) mass is 1080 g/mol. The summed E-state index contributed by atoms with van der Waals surface area (Å²) in [5.74, 6) is -1.42. The van der Waals surface area contributed by atoms with Crippen LogP contribution < -0.4 is 0 Å². The standard InChI is InChI=1S/C63H96ClNO11/c1-38(2)49-42(66)33-63(46(73-48(68)35-58(14,15)52(70)75-55(6,7)8)37-65(53(71)76-56(9,10)11)36-39-21-23-40(64)24-22-39)32-31-61(19)41(50(49)63)25-26-44-60(18)29-28-45(59(16,17)43(60)27-30-62(44,61)20)72-47(67)34-57(12,13)51(69)74-54(3,4)5/h21-24,38,41,43-46H,25-37H2,1-20H3/t41-,43+,44-,45+,46?,60+,61-,62-,63+/m1/s1. The van der Waals surface area contributed by atoms with Gasteiger partial charge in [0.05, 0.1) is 30.2 Å². The first kappa shape index (κ1) is 61.3. The van der Waals surface area contributed by atoms with Crippen LogP contribution >= 0.6 is 11.6 Å². The minimum absolute atomic E-state index is 0.0178. The fourth-order valence-electron chi connectivity index (χ4n) is 15.2. The van der Waals surface area contributed by atoms with Crippen molar-refractivity contribution in [1.82, 2.24) is 4.90 Å². The van der Waals surface area contributed by atoms with Crippen molar-refractivity contribution in [1.29, 1.82) is 0 Å². The quantitative estimate of drug-likeness (QED) is 0.129. The summed E-state index contributed by atoms with van der Waals surface area (Å²) in [4.78, 5) is 86.4. The number of hydrogen-bond donors (Lipinski definition) is 0. The fourth-order valence-corrected chi connectivity index (χ4v) is 15.4. The van der Waals surface area contributed by atoms with E-state index in [2.05, 4.69) is 48.5 Å². The maximum Gasteiger partial charge on any atom is 0.410 e. The van der Waals surface area contributed by atoms with Crippen LogP contribution in [0, 0.1) is 61.6 Å². The molecular weight excluding hydrogens is 982 g/mol. The molecule has 76 heavy (non-hydrogen) atoms. The summed E-state index contributed by atoms with van der Waals surface area (Å²) in [6.07, 6.45) is 4.54. The van der Waals surface area contributed by atoms with Gasteiger partial charge in [-0.05, 0) is 210 Å². The molecule has 0 radical (unpaired) electrons. The van der Waals surface area contributed by atoms with Gasteiger partial charge in [0.1, 0.15) is 29.0 Å². The van der Waals surface area contributed by atoms with Crippen molar-refractivity contribution >= 4 is 47.4 Å². The summed E-state index contributed by atoms with van der Waals surface area (Å²) in [6, 6.07) is 7.27. The van der Waals surface area contributed by atoms with Crippen LogP contribution in [0.2, 0.25) is 5.02 Å². The zero-order chi connectivity index (χ0) is 57.4. The smallest absolute Gasteiger partial charge is 0.410 e. The molecule has 12 nitrogen and oxygen atoms in total. The highest BCUT2D eigenvalue weighted by Crippen LogP contribution is 2.77. The lowest BCUT2D eigenvalue weighted by Crippen LogP contribution is -2.66. The molecule has 5 aliphatic rings. The summed E-state index contributed by atoms with van der Waals surface area (Å²) in [5, 5.41) is 0.553. The van der Waals surface area contributed by atoms with Gasteiger partial charge in [-0.2, -0.15) is 0 Å². The number of nitrogens with zero attached hydrogens (tertiary/aromatic N) is 1. The molecule has 0 spiro atoms. The summed E-state index contributed by atoms with van der Waals surface area (Å²) < 4.78 is 30.8. The number of ether oxygens (including phenoxy) is 5. The second kappa shape index (κ2) is 20.9. The van der Waals surface area contributed by atoms with E-state index in [1.54, 1.807) is 65.5 Å². The Kier molecular flexibility index (Phi) is 16.9. The van der Waals surface area contributed by atoms with Crippen molar-refractivity contribution in [2.75, 3.05) is 6.54 Å². The first-order valence-corrected chi connectivity index (χ1v) is 28.8. The number of halogens is 1. The highest BCUT2D eigenvalue weighted by Gasteiger charge is 2.71. The number of ketones is 1. The molecule has 0 aromatic heterocycles. The third-order valence-corrected chi connectivity index (χ3v) is 19.2. The molecule has 4 fully saturated rings. The predicted molar refractivity (Wildman–Crippen MR) is 296 cm³/mol. The molecule has 4 saturated carbocycles. The Morgan fingerprint density at radius 1 is 0.658 bits per heavy atom. The second-order valence-corrected chi connectivity index (χ2v) is 30.2. The topological polar surface area (TPSA) is 152 Å². The van der Waals surface area contributed by atoms with E-state index in [4.69, 9.17) is 35.3 Å². The number of carbonyl (C=O) groups excluding carboxylic acids is 6. The van der Waals surface area contributed by atoms with Crippen LogP contribution in [-0.2, 0) is 54.2 Å². The van der Waals surface area contributed by atoms with Gasteiger partial charge in [-0.25, -0.2) is 4.79 Å². The summed E-state index contributed by atoms with van der Waals surface area (Å²) >= 11 is 6.34. The van der Waals surface area contributed by atoms with Crippen LogP contribution in [0.1, 0.15) is 215 Å². The third-order valence-electron chi connectivity index (χ3n) is 19.0. The van der Waals surface area contributed by atoms with Gasteiger partial charge in [0.15, 0.2) is 5.78 Å². The van der Waals surface area contributed by atoms with Gasteiger partial charge in [-0.15, -0.1) is 0 Å². The third kappa shape index (κ3) is 12.3. The number of hydrogen-bond acceptors (Lipinski definition) is 11. The molecule has 426 valence electrons. The zero-order valence-electron chi connectivity index (χ0n) is 50.3. The Morgan fingerprint density at radius 2 is 1.20 bits per heavy atom. The van der Waals surface area contributed by atoms with Gasteiger partial charge in [-0.1, -0.05) is 72.2 Å². The molecule has 0 heterocycles. The Bertz CT molecular complexity index is 2430. The second-order valence-electron chi connectivity index (χ2n) is 29.8. The van der Waals surface area contributed by atoms with Crippen LogP contribution in [0.3, 0.4) is 0 Å². The summed E-state index contributed by atoms with van der Waals surface area (Å²) in [5.41, 5.74) is -3.64. The van der Waals surface area contributed by atoms with Gasteiger partial charge < -0.3 is 28.6 Å². The van der Waals surface area contributed by atoms with E-state index in [1.807, 2.05) is 53.7 Å². The summed E-state index contributed by atoms with van der Waals surface area (Å²) in [7, 11) is 0. The van der Waals surface area contributed by atoms with E-state index in [1.165, 1.54) is 0 Å². The number of Topliss-reactive ketones (excluding diaryl/α,β-unsaturated/α-hetero) is 1. The molecule has 13 heteroatoms. The number of rotatable bonds is 14. The fraction of sp³-hybridized carbons (Fsp3) is 0.778. The number of benzene rings is 1. The average molecular weight is 1080 g/mol. The molecule has 9 atom stereocenters. The lowest BCUT2D eigenvalue weighted by atomic mass is 9.33. The molecule has 1 aromatic rings. The Morgan fingerprint density at radius 3 is 1.72 bits per heavy atom. The van der Waals surface area contributed by atoms with E-state index in [9.17, 15) is 24.0 Å². The van der Waals surface area contributed by atoms with Gasteiger partial charge >= 0.3 is 30.0 Å².